The van der Waals surface area contributed by atoms with Crippen LogP contribution in [-0.4, -0.2) is 16.3 Å². The van der Waals surface area contributed by atoms with Crippen molar-refractivity contribution in [3.05, 3.63) is 70.9 Å². The van der Waals surface area contributed by atoms with Gasteiger partial charge in [0, 0.05) is 11.4 Å². The van der Waals surface area contributed by atoms with Crippen LogP contribution in [0.5, 0.6) is 0 Å². The number of amides is 1. The van der Waals surface area contributed by atoms with Crippen molar-refractivity contribution in [2.75, 3.05) is 5.32 Å². The van der Waals surface area contributed by atoms with Gasteiger partial charge >= 0.3 is 0 Å². The Labute approximate surface area is 159 Å². The number of anilines is 1. The van der Waals surface area contributed by atoms with E-state index in [0.717, 1.165) is 5.69 Å². The molecule has 0 aromatic heterocycles. The lowest BCUT2D eigenvalue weighted by atomic mass is 10.3. The number of carbonyl (C=O) groups is 1. The average molecular weight is 393 g/mol. The van der Waals surface area contributed by atoms with Gasteiger partial charge in [0.05, 0.1) is 15.7 Å². The third kappa shape index (κ3) is 4.48. The molecule has 1 atom stereocenters. The van der Waals surface area contributed by atoms with E-state index in [1.807, 2.05) is 30.3 Å². The van der Waals surface area contributed by atoms with Crippen molar-refractivity contribution in [1.29, 1.82) is 0 Å². The monoisotopic (exact) mass is 392 g/mol. The number of para-hydroxylation sites is 1. The van der Waals surface area contributed by atoms with Crippen LogP contribution in [-0.2, 0) is 4.79 Å². The highest BCUT2D eigenvalue weighted by Crippen LogP contribution is 2.29. The first-order chi connectivity index (χ1) is 12.0. The molecule has 0 spiro atoms. The first-order valence-corrected chi connectivity index (χ1v) is 8.93. The lowest BCUT2D eigenvalue weighted by Crippen LogP contribution is -2.47. The first kappa shape index (κ1) is 17.7. The lowest BCUT2D eigenvalue weighted by Gasteiger charge is -2.27. The largest absolute Gasteiger partial charge is 0.325 e. The predicted octanol–water partition coefficient (Wildman–Crippen LogP) is 4.34. The zero-order valence-electron chi connectivity index (χ0n) is 12.9. The van der Waals surface area contributed by atoms with Crippen LogP contribution in [0.4, 0.5) is 11.4 Å². The van der Waals surface area contributed by atoms with Crippen LogP contribution in [0.2, 0.25) is 10.0 Å². The molecule has 0 aliphatic carbocycles. The summed E-state index contributed by atoms with van der Waals surface area (Å²) in [6, 6.07) is 14.3. The molecule has 1 aliphatic heterocycles. The molecule has 3 rings (SSSR count). The molecule has 1 heterocycles. The van der Waals surface area contributed by atoms with Gasteiger partial charge in [-0.15, -0.1) is 0 Å². The molecule has 1 aliphatic rings. The van der Waals surface area contributed by atoms with Crippen LogP contribution in [0, 0.1) is 0 Å². The second kappa shape index (κ2) is 7.82. The Hall–Kier alpha value is -2.15. The molecular weight excluding hydrogens is 379 g/mol. The van der Waals surface area contributed by atoms with E-state index >= 15 is 0 Å². The quantitative estimate of drug-likeness (QED) is 0.726. The van der Waals surface area contributed by atoms with E-state index in [1.165, 1.54) is 11.8 Å². The molecule has 0 saturated carbocycles. The summed E-state index contributed by atoms with van der Waals surface area (Å²) in [5, 5.41) is 3.74. The SMILES string of the molecule is C=C1NNC(=Nc2ccc(Cl)c(Cl)c2)S[C@@H]1C(=O)Nc1ccccc1. The first-order valence-electron chi connectivity index (χ1n) is 7.30. The van der Waals surface area contributed by atoms with Gasteiger partial charge in [-0.3, -0.25) is 10.2 Å². The summed E-state index contributed by atoms with van der Waals surface area (Å²) in [7, 11) is 0. The highest BCUT2D eigenvalue weighted by molar-refractivity contribution is 8.15. The number of hydrogen-bond donors (Lipinski definition) is 3. The minimum Gasteiger partial charge on any atom is -0.325 e. The number of aliphatic imine (C=N–C) groups is 1. The summed E-state index contributed by atoms with van der Waals surface area (Å²) in [6.45, 7) is 3.88. The number of halogens is 2. The summed E-state index contributed by atoms with van der Waals surface area (Å²) in [4.78, 5) is 17.0. The molecule has 0 radical (unpaired) electrons. The maximum Gasteiger partial charge on any atom is 0.244 e. The molecule has 25 heavy (non-hydrogen) atoms. The van der Waals surface area contributed by atoms with Crippen LogP contribution < -0.4 is 16.2 Å². The fourth-order valence-electron chi connectivity index (χ4n) is 2.08. The minimum atomic E-state index is -0.525. The van der Waals surface area contributed by atoms with E-state index < -0.39 is 5.25 Å². The van der Waals surface area contributed by atoms with Crippen LogP contribution >= 0.6 is 35.0 Å². The van der Waals surface area contributed by atoms with E-state index in [1.54, 1.807) is 18.2 Å². The maximum absolute atomic E-state index is 12.5. The molecule has 1 saturated heterocycles. The van der Waals surface area contributed by atoms with E-state index in [0.29, 0.717) is 26.6 Å². The zero-order valence-corrected chi connectivity index (χ0v) is 15.3. The Kier molecular flexibility index (Phi) is 5.53. The minimum absolute atomic E-state index is 0.183. The van der Waals surface area contributed by atoms with Gasteiger partial charge in [-0.25, -0.2) is 4.99 Å². The topological polar surface area (TPSA) is 65.5 Å². The number of benzene rings is 2. The number of amidine groups is 1. The summed E-state index contributed by atoms with van der Waals surface area (Å²) in [5.41, 5.74) is 7.68. The average Bonchev–Trinajstić information content (AvgIpc) is 2.60. The van der Waals surface area contributed by atoms with E-state index in [9.17, 15) is 4.79 Å². The Balaban J connectivity index is 1.74. The van der Waals surface area contributed by atoms with Crippen molar-refractivity contribution >= 4 is 57.4 Å². The second-order valence-corrected chi connectivity index (χ2v) is 7.05. The number of carbonyl (C=O) groups excluding carboxylic acids is 1. The van der Waals surface area contributed by atoms with Crippen molar-refractivity contribution in [3.63, 3.8) is 0 Å². The fourth-order valence-corrected chi connectivity index (χ4v) is 3.23. The zero-order chi connectivity index (χ0) is 17.8. The van der Waals surface area contributed by atoms with Crippen molar-refractivity contribution < 1.29 is 4.79 Å². The van der Waals surface area contributed by atoms with Gasteiger partial charge in [0.1, 0.15) is 5.25 Å². The number of hydrogen-bond acceptors (Lipinski definition) is 4. The van der Waals surface area contributed by atoms with Gasteiger partial charge < -0.3 is 10.7 Å². The van der Waals surface area contributed by atoms with Crippen molar-refractivity contribution in [3.8, 4) is 0 Å². The number of nitrogens with one attached hydrogen (secondary N) is 3. The van der Waals surface area contributed by atoms with Crippen LogP contribution in [0.25, 0.3) is 0 Å². The van der Waals surface area contributed by atoms with Gasteiger partial charge in [0.15, 0.2) is 5.17 Å². The number of nitrogens with zero attached hydrogens (tertiary/aromatic N) is 1. The standard InChI is InChI=1S/C17H14Cl2N4OS/c1-10-15(16(24)20-11-5-3-2-4-6-11)25-17(23-22-10)21-12-7-8-13(18)14(19)9-12/h2-9,15,22H,1H2,(H,20,24)(H,21,23)/t15-/m0/s1. The lowest BCUT2D eigenvalue weighted by molar-refractivity contribution is -0.115. The highest BCUT2D eigenvalue weighted by Gasteiger charge is 2.29. The highest BCUT2D eigenvalue weighted by atomic mass is 35.5. The summed E-state index contributed by atoms with van der Waals surface area (Å²) >= 11 is 13.2. The molecular formula is C17H14Cl2N4OS. The summed E-state index contributed by atoms with van der Waals surface area (Å²) in [5.74, 6) is -0.183. The molecule has 1 amide bonds. The maximum atomic E-state index is 12.5. The van der Waals surface area contributed by atoms with E-state index in [2.05, 4.69) is 27.7 Å². The van der Waals surface area contributed by atoms with Crippen LogP contribution in [0.15, 0.2) is 65.8 Å². The molecule has 8 heteroatoms. The van der Waals surface area contributed by atoms with Crippen LogP contribution in [0.1, 0.15) is 0 Å². The molecule has 1 fully saturated rings. The van der Waals surface area contributed by atoms with E-state index in [4.69, 9.17) is 23.2 Å². The molecule has 0 bridgehead atoms. The molecule has 2 aromatic carbocycles. The third-order valence-electron chi connectivity index (χ3n) is 3.29. The molecule has 2 aromatic rings. The molecule has 0 unspecified atom stereocenters. The summed E-state index contributed by atoms with van der Waals surface area (Å²) < 4.78 is 0. The Morgan fingerprint density at radius 3 is 2.60 bits per heavy atom. The molecule has 128 valence electrons. The third-order valence-corrected chi connectivity index (χ3v) is 5.18. The van der Waals surface area contributed by atoms with Crippen molar-refractivity contribution in [2.24, 2.45) is 4.99 Å². The number of thioether (sulfide) groups is 1. The smallest absolute Gasteiger partial charge is 0.244 e. The summed E-state index contributed by atoms with van der Waals surface area (Å²) in [6.07, 6.45) is 0. The number of rotatable bonds is 3. The van der Waals surface area contributed by atoms with Gasteiger partial charge in [0.2, 0.25) is 5.91 Å². The van der Waals surface area contributed by atoms with Crippen LogP contribution in [0.3, 0.4) is 0 Å². The van der Waals surface area contributed by atoms with Gasteiger partial charge in [0.25, 0.3) is 0 Å². The fraction of sp³-hybridized carbons (Fsp3) is 0.0588. The molecule has 5 nitrogen and oxygen atoms in total. The van der Waals surface area contributed by atoms with Crippen molar-refractivity contribution in [2.45, 2.75) is 5.25 Å². The van der Waals surface area contributed by atoms with Gasteiger partial charge in [-0.1, -0.05) is 59.7 Å². The van der Waals surface area contributed by atoms with Gasteiger partial charge in [-0.2, -0.15) is 0 Å². The van der Waals surface area contributed by atoms with Gasteiger partial charge in [-0.05, 0) is 30.3 Å². The Morgan fingerprint density at radius 2 is 1.88 bits per heavy atom. The Morgan fingerprint density at radius 1 is 1.12 bits per heavy atom. The van der Waals surface area contributed by atoms with Crippen molar-refractivity contribution in [1.82, 2.24) is 10.9 Å². The molecule has 3 N–H and O–H groups in total. The number of hydrazine groups is 1. The van der Waals surface area contributed by atoms with E-state index in [-0.39, 0.29) is 5.91 Å². The normalized spacial score (nSPS) is 18.4. The Bertz CT molecular complexity index is 842. The predicted molar refractivity (Wildman–Crippen MR) is 105 cm³/mol. The second-order valence-electron chi connectivity index (χ2n) is 5.14.